The van der Waals surface area contributed by atoms with E-state index in [1.807, 2.05) is 36.4 Å². The highest BCUT2D eigenvalue weighted by atomic mass is 16.6. The molecule has 172 valence electrons. The number of nitrogens with zero attached hydrogens (tertiary/aromatic N) is 2. The van der Waals surface area contributed by atoms with Crippen molar-refractivity contribution in [3.63, 3.8) is 0 Å². The number of hydrogen-bond donors (Lipinski definition) is 1. The normalized spacial score (nSPS) is 14.5. The van der Waals surface area contributed by atoms with Gasteiger partial charge in [-0.2, -0.15) is 0 Å². The molecule has 0 unspecified atom stereocenters. The third-order valence-electron chi connectivity index (χ3n) is 5.45. The molecule has 0 atom stereocenters. The van der Waals surface area contributed by atoms with Crippen LogP contribution in [0.1, 0.15) is 30.6 Å². The van der Waals surface area contributed by atoms with Crippen molar-refractivity contribution >= 4 is 29.3 Å². The average molecular weight is 458 g/mol. The highest BCUT2D eigenvalue weighted by Gasteiger charge is 2.28. The van der Waals surface area contributed by atoms with E-state index in [9.17, 15) is 19.7 Å². The molecule has 0 fully saturated rings. The Bertz CT molecular complexity index is 1270. The summed E-state index contributed by atoms with van der Waals surface area (Å²) in [5.41, 5.74) is 2.80. The molecule has 8 nitrogen and oxygen atoms in total. The summed E-state index contributed by atoms with van der Waals surface area (Å²) in [6, 6.07) is 19.1. The number of rotatable bonds is 9. The first-order chi connectivity index (χ1) is 16.4. The molecular formula is C26H22N2O6. The number of non-ortho nitro benzene ring substituents is 1. The van der Waals surface area contributed by atoms with Crippen molar-refractivity contribution in [1.82, 2.24) is 4.90 Å². The number of unbranched alkanes of at least 4 members (excludes halogenated alkanes) is 1. The second kappa shape index (κ2) is 9.99. The molecule has 2 aromatic carbocycles. The third-order valence-corrected chi connectivity index (χ3v) is 5.45. The molecule has 8 heteroatoms. The Labute approximate surface area is 195 Å². The van der Waals surface area contributed by atoms with Crippen LogP contribution in [0.4, 0.5) is 5.69 Å². The number of nitro benzene ring substituents is 1. The first kappa shape index (κ1) is 22.7. The smallest absolute Gasteiger partial charge is 0.303 e. The van der Waals surface area contributed by atoms with Crippen LogP contribution in [0, 0.1) is 10.1 Å². The highest BCUT2D eigenvalue weighted by Crippen LogP contribution is 2.32. The summed E-state index contributed by atoms with van der Waals surface area (Å²) in [4.78, 5) is 36.1. The first-order valence-electron chi connectivity index (χ1n) is 10.8. The Balaban J connectivity index is 1.57. The Morgan fingerprint density at radius 3 is 2.41 bits per heavy atom. The SMILES string of the molecule is O=C(O)CCCCN1C(=O)/C(=C/c2ccc(-c3ccc([N+](=O)[O-])cc3)o2)C=C1c1ccccc1. The number of carboxylic acid groups (broad SMARTS) is 1. The van der Waals surface area contributed by atoms with Crippen molar-refractivity contribution in [2.24, 2.45) is 0 Å². The molecule has 0 aliphatic carbocycles. The number of amides is 1. The predicted octanol–water partition coefficient (Wildman–Crippen LogP) is 5.38. The van der Waals surface area contributed by atoms with E-state index in [0.29, 0.717) is 42.0 Å². The number of nitro groups is 1. The van der Waals surface area contributed by atoms with Crippen LogP contribution < -0.4 is 0 Å². The number of carbonyl (C=O) groups is 2. The first-order valence-corrected chi connectivity index (χ1v) is 10.8. The number of hydrogen-bond acceptors (Lipinski definition) is 5. The fourth-order valence-electron chi connectivity index (χ4n) is 3.76. The molecule has 1 aliphatic rings. The van der Waals surface area contributed by atoms with Gasteiger partial charge in [0.2, 0.25) is 0 Å². The largest absolute Gasteiger partial charge is 0.481 e. The van der Waals surface area contributed by atoms with Gasteiger partial charge in [-0.3, -0.25) is 19.7 Å². The predicted molar refractivity (Wildman–Crippen MR) is 126 cm³/mol. The molecule has 0 saturated carbocycles. The average Bonchev–Trinajstić information content (AvgIpc) is 3.42. The number of carbonyl (C=O) groups excluding carboxylic acids is 1. The van der Waals surface area contributed by atoms with E-state index in [1.54, 1.807) is 35.2 Å². The van der Waals surface area contributed by atoms with Gasteiger partial charge in [0.05, 0.1) is 10.6 Å². The number of aliphatic carboxylic acids is 1. The van der Waals surface area contributed by atoms with Gasteiger partial charge in [0, 0.05) is 36.2 Å². The fraction of sp³-hybridized carbons (Fsp3) is 0.154. The quantitative estimate of drug-likeness (QED) is 0.199. The van der Waals surface area contributed by atoms with E-state index in [4.69, 9.17) is 9.52 Å². The molecule has 1 N–H and O–H groups in total. The Hall–Kier alpha value is -4.46. The summed E-state index contributed by atoms with van der Waals surface area (Å²) in [7, 11) is 0. The molecule has 3 aromatic rings. The van der Waals surface area contributed by atoms with Gasteiger partial charge >= 0.3 is 5.97 Å². The van der Waals surface area contributed by atoms with Crippen molar-refractivity contribution in [3.8, 4) is 11.3 Å². The van der Waals surface area contributed by atoms with Gasteiger partial charge in [-0.15, -0.1) is 0 Å². The summed E-state index contributed by atoms with van der Waals surface area (Å²) in [6.45, 7) is 0.413. The van der Waals surface area contributed by atoms with Gasteiger partial charge < -0.3 is 14.4 Å². The Morgan fingerprint density at radius 2 is 1.74 bits per heavy atom. The van der Waals surface area contributed by atoms with Crippen LogP contribution in [0.3, 0.4) is 0 Å². The maximum atomic E-state index is 13.2. The molecule has 1 aliphatic heterocycles. The van der Waals surface area contributed by atoms with Crippen molar-refractivity contribution in [2.75, 3.05) is 6.54 Å². The highest BCUT2D eigenvalue weighted by molar-refractivity contribution is 6.10. The fourth-order valence-corrected chi connectivity index (χ4v) is 3.76. The Kier molecular flexibility index (Phi) is 6.68. The zero-order valence-electron chi connectivity index (χ0n) is 18.2. The lowest BCUT2D eigenvalue weighted by atomic mass is 10.1. The van der Waals surface area contributed by atoms with E-state index < -0.39 is 10.9 Å². The van der Waals surface area contributed by atoms with E-state index >= 15 is 0 Å². The molecular weight excluding hydrogens is 436 g/mol. The Morgan fingerprint density at radius 1 is 1.00 bits per heavy atom. The summed E-state index contributed by atoms with van der Waals surface area (Å²) < 4.78 is 5.87. The number of carboxylic acids is 1. The number of benzene rings is 2. The lowest BCUT2D eigenvalue weighted by Gasteiger charge is -2.20. The second-order valence-electron chi connectivity index (χ2n) is 7.81. The topological polar surface area (TPSA) is 114 Å². The van der Waals surface area contributed by atoms with Gasteiger partial charge in [0.15, 0.2) is 0 Å². The third kappa shape index (κ3) is 5.12. The molecule has 34 heavy (non-hydrogen) atoms. The molecule has 1 amide bonds. The molecule has 0 bridgehead atoms. The van der Waals surface area contributed by atoms with Crippen LogP contribution in [0.5, 0.6) is 0 Å². The summed E-state index contributed by atoms with van der Waals surface area (Å²) in [5.74, 6) is -0.0191. The van der Waals surface area contributed by atoms with Crippen molar-refractivity contribution < 1.29 is 24.0 Å². The summed E-state index contributed by atoms with van der Waals surface area (Å²) in [5, 5.41) is 19.7. The molecule has 2 heterocycles. The van der Waals surface area contributed by atoms with Crippen molar-refractivity contribution in [3.05, 3.63) is 99.8 Å². The lowest BCUT2D eigenvalue weighted by Crippen LogP contribution is -2.26. The van der Waals surface area contributed by atoms with Crippen LogP contribution in [0.15, 0.2) is 82.8 Å². The van der Waals surface area contributed by atoms with Crippen LogP contribution >= 0.6 is 0 Å². The van der Waals surface area contributed by atoms with E-state index in [1.165, 1.54) is 12.1 Å². The van der Waals surface area contributed by atoms with Gasteiger partial charge in [0.1, 0.15) is 11.5 Å². The van der Waals surface area contributed by atoms with Gasteiger partial charge in [0.25, 0.3) is 11.6 Å². The minimum atomic E-state index is -0.853. The van der Waals surface area contributed by atoms with Crippen LogP contribution in [-0.2, 0) is 9.59 Å². The summed E-state index contributed by atoms with van der Waals surface area (Å²) >= 11 is 0. The minimum absolute atomic E-state index is 0.00350. The molecule has 0 radical (unpaired) electrons. The minimum Gasteiger partial charge on any atom is -0.481 e. The summed E-state index contributed by atoms with van der Waals surface area (Å²) in [6.07, 6.45) is 4.59. The van der Waals surface area contributed by atoms with E-state index in [0.717, 1.165) is 11.3 Å². The second-order valence-corrected chi connectivity index (χ2v) is 7.81. The maximum Gasteiger partial charge on any atom is 0.303 e. The number of furan rings is 1. The lowest BCUT2D eigenvalue weighted by molar-refractivity contribution is -0.384. The molecule has 4 rings (SSSR count). The van der Waals surface area contributed by atoms with Gasteiger partial charge in [-0.25, -0.2) is 0 Å². The zero-order valence-corrected chi connectivity index (χ0v) is 18.2. The van der Waals surface area contributed by atoms with E-state index in [-0.39, 0.29) is 18.0 Å². The van der Waals surface area contributed by atoms with Crippen molar-refractivity contribution in [1.29, 1.82) is 0 Å². The zero-order chi connectivity index (χ0) is 24.1. The van der Waals surface area contributed by atoms with Crippen LogP contribution in [0.2, 0.25) is 0 Å². The maximum absolute atomic E-state index is 13.2. The van der Waals surface area contributed by atoms with E-state index in [2.05, 4.69) is 0 Å². The van der Waals surface area contributed by atoms with Crippen LogP contribution in [-0.4, -0.2) is 33.4 Å². The molecule has 0 spiro atoms. The van der Waals surface area contributed by atoms with Gasteiger partial charge in [-0.05, 0) is 54.8 Å². The van der Waals surface area contributed by atoms with Crippen molar-refractivity contribution in [2.45, 2.75) is 19.3 Å². The van der Waals surface area contributed by atoms with Crippen LogP contribution in [0.25, 0.3) is 23.1 Å². The van der Waals surface area contributed by atoms with Gasteiger partial charge in [-0.1, -0.05) is 30.3 Å². The standard InChI is InChI=1S/C26H22N2O6/c29-25(30)8-4-5-15-27-23(18-6-2-1-3-7-18)17-20(26(27)31)16-22-13-14-24(34-22)19-9-11-21(12-10-19)28(32)33/h1-3,6-7,9-14,16-17H,4-5,8,15H2,(H,29,30)/b20-16+. The molecule has 0 saturated heterocycles. The monoisotopic (exact) mass is 458 g/mol. The molecule has 1 aromatic heterocycles.